The van der Waals surface area contributed by atoms with Gasteiger partial charge < -0.3 is 14.8 Å². The number of carbonyl (C=O) groups excluding carboxylic acids is 2. The van der Waals surface area contributed by atoms with E-state index in [0.29, 0.717) is 17.2 Å². The summed E-state index contributed by atoms with van der Waals surface area (Å²) in [5, 5.41) is 2.68. The predicted octanol–water partition coefficient (Wildman–Crippen LogP) is 2.98. The Bertz CT molecular complexity index is 931. The van der Waals surface area contributed by atoms with Crippen LogP contribution in [0.3, 0.4) is 0 Å². The van der Waals surface area contributed by atoms with Crippen LogP contribution in [0, 0.1) is 19.8 Å². The van der Waals surface area contributed by atoms with E-state index in [1.807, 2.05) is 24.0 Å². The number of aryl methyl sites for hydroxylation is 2. The molecule has 1 fully saturated rings. The van der Waals surface area contributed by atoms with Gasteiger partial charge in [0.05, 0.1) is 0 Å². The fourth-order valence-electron chi connectivity index (χ4n) is 3.51. The van der Waals surface area contributed by atoms with Gasteiger partial charge in [-0.25, -0.2) is 0 Å². The molecule has 0 aliphatic carbocycles. The SMILES string of the molecule is Cc1ccc(C(=O)Nc2ccc(C)n(CC(=O)N3CCCC(C)C3)c2=O)cc1. The third-order valence-electron chi connectivity index (χ3n) is 5.26. The van der Waals surface area contributed by atoms with E-state index in [9.17, 15) is 14.4 Å². The smallest absolute Gasteiger partial charge is 0.274 e. The summed E-state index contributed by atoms with van der Waals surface area (Å²) in [6, 6.07) is 10.5. The van der Waals surface area contributed by atoms with E-state index in [0.717, 1.165) is 31.5 Å². The van der Waals surface area contributed by atoms with Gasteiger partial charge in [0.1, 0.15) is 12.2 Å². The maximum Gasteiger partial charge on any atom is 0.274 e. The van der Waals surface area contributed by atoms with E-state index < -0.39 is 0 Å². The lowest BCUT2D eigenvalue weighted by Crippen LogP contribution is -2.42. The van der Waals surface area contributed by atoms with Gasteiger partial charge in [-0.1, -0.05) is 24.6 Å². The summed E-state index contributed by atoms with van der Waals surface area (Å²) in [4.78, 5) is 39.8. The number of pyridine rings is 1. The number of aromatic nitrogens is 1. The summed E-state index contributed by atoms with van der Waals surface area (Å²) < 4.78 is 1.44. The Morgan fingerprint density at radius 3 is 2.50 bits per heavy atom. The molecule has 1 aliphatic rings. The molecule has 2 heterocycles. The number of rotatable bonds is 4. The molecule has 3 rings (SSSR count). The van der Waals surface area contributed by atoms with Crippen molar-refractivity contribution >= 4 is 17.5 Å². The van der Waals surface area contributed by atoms with Gasteiger partial charge in [-0.05, 0) is 56.9 Å². The van der Waals surface area contributed by atoms with Crippen LogP contribution < -0.4 is 10.9 Å². The maximum absolute atomic E-state index is 12.9. The Balaban J connectivity index is 1.78. The van der Waals surface area contributed by atoms with Gasteiger partial charge in [0.2, 0.25) is 5.91 Å². The zero-order valence-corrected chi connectivity index (χ0v) is 16.7. The van der Waals surface area contributed by atoms with Gasteiger partial charge >= 0.3 is 0 Å². The molecule has 1 aromatic carbocycles. The molecule has 0 bridgehead atoms. The van der Waals surface area contributed by atoms with Gasteiger partial charge in [0, 0.05) is 24.3 Å². The lowest BCUT2D eigenvalue weighted by molar-refractivity contribution is -0.133. The average molecular weight is 381 g/mol. The van der Waals surface area contributed by atoms with E-state index in [2.05, 4.69) is 12.2 Å². The summed E-state index contributed by atoms with van der Waals surface area (Å²) in [6.07, 6.45) is 2.12. The summed E-state index contributed by atoms with van der Waals surface area (Å²) in [5.74, 6) is 0.0816. The molecule has 0 saturated carbocycles. The number of hydrogen-bond donors (Lipinski definition) is 1. The van der Waals surface area contributed by atoms with Crippen LogP contribution in [0.4, 0.5) is 5.69 Å². The molecule has 1 saturated heterocycles. The molecule has 2 amide bonds. The molecule has 0 spiro atoms. The lowest BCUT2D eigenvalue weighted by Gasteiger charge is -2.31. The molecule has 2 aromatic rings. The van der Waals surface area contributed by atoms with Gasteiger partial charge in [0.25, 0.3) is 11.5 Å². The van der Waals surface area contributed by atoms with Crippen LogP contribution in [0.5, 0.6) is 0 Å². The molecule has 6 heteroatoms. The molecule has 0 radical (unpaired) electrons. The number of nitrogens with one attached hydrogen (secondary N) is 1. The van der Waals surface area contributed by atoms with Gasteiger partial charge in [-0.2, -0.15) is 0 Å². The van der Waals surface area contributed by atoms with E-state index in [1.54, 1.807) is 31.2 Å². The van der Waals surface area contributed by atoms with E-state index in [-0.39, 0.29) is 29.6 Å². The number of hydrogen-bond acceptors (Lipinski definition) is 3. The second kappa shape index (κ2) is 8.42. The van der Waals surface area contributed by atoms with Crippen LogP contribution in [0.15, 0.2) is 41.2 Å². The lowest BCUT2D eigenvalue weighted by atomic mass is 10.0. The molecule has 1 aliphatic heterocycles. The third-order valence-corrected chi connectivity index (χ3v) is 5.26. The van der Waals surface area contributed by atoms with Gasteiger partial charge in [0.15, 0.2) is 0 Å². The van der Waals surface area contributed by atoms with Crippen molar-refractivity contribution in [3.8, 4) is 0 Å². The van der Waals surface area contributed by atoms with Crippen molar-refractivity contribution in [1.82, 2.24) is 9.47 Å². The highest BCUT2D eigenvalue weighted by Crippen LogP contribution is 2.16. The van der Waals surface area contributed by atoms with Crippen LogP contribution in [0.1, 0.15) is 41.4 Å². The van der Waals surface area contributed by atoms with E-state index in [4.69, 9.17) is 0 Å². The summed E-state index contributed by atoms with van der Waals surface area (Å²) >= 11 is 0. The molecule has 28 heavy (non-hydrogen) atoms. The minimum atomic E-state index is -0.362. The Kier molecular flexibility index (Phi) is 5.97. The zero-order chi connectivity index (χ0) is 20.3. The number of nitrogens with zero attached hydrogens (tertiary/aromatic N) is 2. The van der Waals surface area contributed by atoms with Gasteiger partial charge in [-0.15, -0.1) is 0 Å². The monoisotopic (exact) mass is 381 g/mol. The second-order valence-electron chi connectivity index (χ2n) is 7.69. The third kappa shape index (κ3) is 4.50. The molecule has 148 valence electrons. The Hall–Kier alpha value is -2.89. The molecule has 1 unspecified atom stereocenters. The number of benzene rings is 1. The van der Waals surface area contributed by atoms with Crippen LogP contribution in [-0.2, 0) is 11.3 Å². The van der Waals surface area contributed by atoms with Crippen LogP contribution >= 0.6 is 0 Å². The predicted molar refractivity (Wildman–Crippen MR) is 110 cm³/mol. The summed E-state index contributed by atoms with van der Waals surface area (Å²) in [7, 11) is 0. The fraction of sp³-hybridized carbons (Fsp3) is 0.409. The highest BCUT2D eigenvalue weighted by molar-refractivity contribution is 6.04. The van der Waals surface area contributed by atoms with Crippen LogP contribution in [0.25, 0.3) is 0 Å². The quantitative estimate of drug-likeness (QED) is 0.885. The highest BCUT2D eigenvalue weighted by atomic mass is 16.2. The Labute approximate surface area is 165 Å². The first-order chi connectivity index (χ1) is 13.3. The summed E-state index contributed by atoms with van der Waals surface area (Å²) in [5.41, 5.74) is 2.04. The van der Waals surface area contributed by atoms with Crippen molar-refractivity contribution in [1.29, 1.82) is 0 Å². The van der Waals surface area contributed by atoms with Crippen LogP contribution in [0.2, 0.25) is 0 Å². The highest BCUT2D eigenvalue weighted by Gasteiger charge is 2.22. The molecule has 1 N–H and O–H groups in total. The van der Waals surface area contributed by atoms with E-state index in [1.165, 1.54) is 4.57 Å². The normalized spacial score (nSPS) is 16.7. The molecular formula is C22H27N3O3. The minimum absolute atomic E-state index is 0.00830. The number of piperidine rings is 1. The standard InChI is InChI=1S/C22H27N3O3/c1-15-6-9-18(10-7-15)21(27)23-19-11-8-17(3)25(22(19)28)14-20(26)24-12-4-5-16(2)13-24/h6-11,16H,4-5,12-14H2,1-3H3,(H,23,27). The van der Waals surface area contributed by atoms with Crippen molar-refractivity contribution in [2.24, 2.45) is 5.92 Å². The van der Waals surface area contributed by atoms with E-state index >= 15 is 0 Å². The summed E-state index contributed by atoms with van der Waals surface area (Å²) in [6.45, 7) is 7.33. The average Bonchev–Trinajstić information content (AvgIpc) is 2.67. The molecular weight excluding hydrogens is 354 g/mol. The molecule has 1 aromatic heterocycles. The van der Waals surface area contributed by atoms with Crippen molar-refractivity contribution in [3.63, 3.8) is 0 Å². The van der Waals surface area contributed by atoms with Gasteiger partial charge in [-0.3, -0.25) is 14.4 Å². The second-order valence-corrected chi connectivity index (χ2v) is 7.69. The molecule has 6 nitrogen and oxygen atoms in total. The van der Waals surface area contributed by atoms with Crippen molar-refractivity contribution in [2.75, 3.05) is 18.4 Å². The van der Waals surface area contributed by atoms with Crippen molar-refractivity contribution < 1.29 is 9.59 Å². The Morgan fingerprint density at radius 1 is 1.11 bits per heavy atom. The topological polar surface area (TPSA) is 71.4 Å². The first-order valence-corrected chi connectivity index (χ1v) is 9.71. The first-order valence-electron chi connectivity index (χ1n) is 9.71. The first kappa shape index (κ1) is 19.9. The maximum atomic E-state index is 12.9. The number of amides is 2. The number of carbonyl (C=O) groups is 2. The molecule has 1 atom stereocenters. The van der Waals surface area contributed by atoms with Crippen molar-refractivity contribution in [2.45, 2.75) is 40.2 Å². The minimum Gasteiger partial charge on any atom is -0.341 e. The zero-order valence-electron chi connectivity index (χ0n) is 16.7. The number of anilines is 1. The fourth-order valence-corrected chi connectivity index (χ4v) is 3.51. The largest absolute Gasteiger partial charge is 0.341 e. The van der Waals surface area contributed by atoms with Crippen molar-refractivity contribution in [3.05, 3.63) is 63.6 Å². The van der Waals surface area contributed by atoms with Crippen LogP contribution in [-0.4, -0.2) is 34.4 Å². The number of likely N-dealkylation sites (tertiary alicyclic amines) is 1. The Morgan fingerprint density at radius 2 is 1.82 bits per heavy atom.